The van der Waals surface area contributed by atoms with Crippen LogP contribution in [0, 0.1) is 5.92 Å². The third-order valence-electron chi connectivity index (χ3n) is 3.01. The van der Waals surface area contributed by atoms with Crippen LogP contribution in [0.5, 0.6) is 0 Å². The summed E-state index contributed by atoms with van der Waals surface area (Å²) in [6.07, 6.45) is 8.64. The number of carbonyl (C=O) groups is 1. The Kier molecular flexibility index (Phi) is 8.78. The number of unbranched alkanes of at least 4 members (excludes halogenated alkanes) is 2. The van der Waals surface area contributed by atoms with Crippen LogP contribution in [0.15, 0.2) is 12.2 Å². The Morgan fingerprint density at radius 1 is 1.24 bits per heavy atom. The van der Waals surface area contributed by atoms with Gasteiger partial charge in [0.2, 0.25) is 5.91 Å². The lowest BCUT2D eigenvalue weighted by molar-refractivity contribution is -0.128. The fourth-order valence-corrected chi connectivity index (χ4v) is 1.39. The molecule has 3 nitrogen and oxygen atoms in total. The van der Waals surface area contributed by atoms with E-state index in [-0.39, 0.29) is 12.0 Å². The minimum Gasteiger partial charge on any atom is -0.393 e. The minimum atomic E-state index is -0.239. The summed E-state index contributed by atoms with van der Waals surface area (Å²) in [5, 5.41) is 9.30. The summed E-state index contributed by atoms with van der Waals surface area (Å²) in [5.74, 6) is 0.526. The molecule has 2 atom stereocenters. The van der Waals surface area contributed by atoms with E-state index in [9.17, 15) is 9.90 Å². The molecule has 3 heteroatoms. The van der Waals surface area contributed by atoms with Crippen molar-refractivity contribution in [1.29, 1.82) is 0 Å². The van der Waals surface area contributed by atoms with Crippen molar-refractivity contribution in [1.82, 2.24) is 4.90 Å². The van der Waals surface area contributed by atoms with E-state index >= 15 is 0 Å². The Morgan fingerprint density at radius 3 is 2.41 bits per heavy atom. The first-order valence-electron chi connectivity index (χ1n) is 6.48. The van der Waals surface area contributed by atoms with E-state index in [0.29, 0.717) is 12.3 Å². The third kappa shape index (κ3) is 8.93. The first-order valence-corrected chi connectivity index (χ1v) is 6.48. The summed E-state index contributed by atoms with van der Waals surface area (Å²) in [4.78, 5) is 12.9. The molecular weight excluding hydrogens is 214 g/mol. The van der Waals surface area contributed by atoms with Gasteiger partial charge >= 0.3 is 0 Å². The minimum absolute atomic E-state index is 0.205. The maximum atomic E-state index is 11.3. The fourth-order valence-electron chi connectivity index (χ4n) is 1.39. The average Bonchev–Trinajstić information content (AvgIpc) is 2.26. The van der Waals surface area contributed by atoms with Crippen molar-refractivity contribution in [2.24, 2.45) is 5.92 Å². The van der Waals surface area contributed by atoms with Crippen LogP contribution in [0.2, 0.25) is 0 Å². The molecule has 0 radical (unpaired) electrons. The van der Waals surface area contributed by atoms with Gasteiger partial charge in [0.25, 0.3) is 0 Å². The molecule has 1 N–H and O–H groups in total. The van der Waals surface area contributed by atoms with E-state index in [1.807, 2.05) is 13.8 Å². The summed E-state index contributed by atoms with van der Waals surface area (Å²) in [5.41, 5.74) is 0. The van der Waals surface area contributed by atoms with Crippen molar-refractivity contribution in [3.8, 4) is 0 Å². The fraction of sp³-hybridized carbons (Fsp3) is 0.786. The van der Waals surface area contributed by atoms with Gasteiger partial charge in [-0.25, -0.2) is 0 Å². The highest BCUT2D eigenvalue weighted by molar-refractivity contribution is 5.75. The van der Waals surface area contributed by atoms with Crippen LogP contribution < -0.4 is 0 Å². The zero-order valence-electron chi connectivity index (χ0n) is 11.6. The van der Waals surface area contributed by atoms with Gasteiger partial charge in [-0.1, -0.05) is 19.1 Å². The normalized spacial score (nSPS) is 14.9. The van der Waals surface area contributed by atoms with Gasteiger partial charge in [-0.05, 0) is 38.5 Å². The number of hydrogen-bond acceptors (Lipinski definition) is 2. The van der Waals surface area contributed by atoms with Crippen molar-refractivity contribution in [3.63, 3.8) is 0 Å². The summed E-state index contributed by atoms with van der Waals surface area (Å²) < 4.78 is 0. The van der Waals surface area contributed by atoms with Gasteiger partial charge < -0.3 is 10.0 Å². The molecule has 0 heterocycles. The maximum absolute atomic E-state index is 11.3. The van der Waals surface area contributed by atoms with Crippen LogP contribution >= 0.6 is 0 Å². The van der Waals surface area contributed by atoms with Crippen molar-refractivity contribution >= 4 is 5.91 Å². The van der Waals surface area contributed by atoms with Crippen molar-refractivity contribution in [2.75, 3.05) is 14.1 Å². The van der Waals surface area contributed by atoms with Gasteiger partial charge in [0.15, 0.2) is 0 Å². The van der Waals surface area contributed by atoms with Gasteiger partial charge in [-0.15, -0.1) is 0 Å². The second kappa shape index (κ2) is 9.23. The number of nitrogens with zero attached hydrogens (tertiary/aromatic N) is 1. The average molecular weight is 241 g/mol. The zero-order valence-corrected chi connectivity index (χ0v) is 11.6. The van der Waals surface area contributed by atoms with Crippen molar-refractivity contribution in [2.45, 2.75) is 52.1 Å². The van der Waals surface area contributed by atoms with Gasteiger partial charge in [-0.3, -0.25) is 4.79 Å². The summed E-state index contributed by atoms with van der Waals surface area (Å²) in [7, 11) is 3.58. The Labute approximate surface area is 106 Å². The number of amides is 1. The van der Waals surface area contributed by atoms with Crippen molar-refractivity contribution in [3.05, 3.63) is 12.2 Å². The number of hydrogen-bond donors (Lipinski definition) is 1. The molecule has 0 aromatic heterocycles. The van der Waals surface area contributed by atoms with Crippen LogP contribution in [0.25, 0.3) is 0 Å². The number of aliphatic hydroxyl groups excluding tert-OH is 1. The molecule has 2 unspecified atom stereocenters. The summed E-state index contributed by atoms with van der Waals surface area (Å²) in [6.45, 7) is 3.87. The number of allylic oxidation sites excluding steroid dienone is 2. The highest BCUT2D eigenvalue weighted by atomic mass is 16.3. The Bertz CT molecular complexity index is 234. The second-order valence-electron chi connectivity index (χ2n) is 4.96. The lowest BCUT2D eigenvalue weighted by atomic mass is 10.0. The molecule has 0 saturated carbocycles. The maximum Gasteiger partial charge on any atom is 0.222 e. The molecule has 17 heavy (non-hydrogen) atoms. The highest BCUT2D eigenvalue weighted by Gasteiger charge is 2.05. The molecule has 0 spiro atoms. The van der Waals surface area contributed by atoms with Gasteiger partial charge in [-0.2, -0.15) is 0 Å². The molecular formula is C14H27NO2. The monoisotopic (exact) mass is 241 g/mol. The second-order valence-corrected chi connectivity index (χ2v) is 4.96. The molecule has 0 saturated heterocycles. The zero-order chi connectivity index (χ0) is 13.3. The van der Waals surface area contributed by atoms with E-state index < -0.39 is 0 Å². The first-order chi connectivity index (χ1) is 7.95. The van der Waals surface area contributed by atoms with E-state index in [0.717, 1.165) is 25.7 Å². The number of rotatable bonds is 8. The molecule has 0 aliphatic rings. The van der Waals surface area contributed by atoms with Crippen LogP contribution in [-0.4, -0.2) is 36.1 Å². The third-order valence-corrected chi connectivity index (χ3v) is 3.01. The first kappa shape index (κ1) is 16.2. The number of aliphatic hydroxyl groups is 1. The largest absolute Gasteiger partial charge is 0.393 e. The quantitative estimate of drug-likeness (QED) is 0.524. The van der Waals surface area contributed by atoms with Crippen LogP contribution in [0.4, 0.5) is 0 Å². The van der Waals surface area contributed by atoms with Gasteiger partial charge in [0.1, 0.15) is 0 Å². The lowest BCUT2D eigenvalue weighted by Crippen LogP contribution is -2.20. The smallest absolute Gasteiger partial charge is 0.222 e. The van der Waals surface area contributed by atoms with E-state index in [4.69, 9.17) is 0 Å². The van der Waals surface area contributed by atoms with Gasteiger partial charge in [0, 0.05) is 20.5 Å². The molecule has 0 aromatic rings. The lowest BCUT2D eigenvalue weighted by Gasteiger charge is -2.11. The molecule has 1 amide bonds. The van der Waals surface area contributed by atoms with Crippen molar-refractivity contribution < 1.29 is 9.90 Å². The molecule has 100 valence electrons. The van der Waals surface area contributed by atoms with Crippen LogP contribution in [0.1, 0.15) is 46.0 Å². The molecule has 0 rings (SSSR count). The van der Waals surface area contributed by atoms with E-state index in [1.165, 1.54) is 0 Å². The Hall–Kier alpha value is -0.830. The highest BCUT2D eigenvalue weighted by Crippen LogP contribution is 2.09. The molecule has 0 aromatic carbocycles. The molecule has 0 bridgehead atoms. The predicted molar refractivity (Wildman–Crippen MR) is 71.8 cm³/mol. The Balaban J connectivity index is 3.46. The molecule has 0 aliphatic heterocycles. The topological polar surface area (TPSA) is 40.5 Å². The van der Waals surface area contributed by atoms with Crippen LogP contribution in [-0.2, 0) is 4.79 Å². The predicted octanol–water partition coefficient (Wildman–Crippen LogP) is 2.60. The number of carbonyl (C=O) groups excluding carboxylic acids is 1. The summed E-state index contributed by atoms with van der Waals surface area (Å²) >= 11 is 0. The standard InChI is InChI=1S/C14H27NO2/c1-12(13(2)16)10-8-6-5-7-9-11-14(17)15(3)4/h6,8,12-13,16H,5,7,9-11H2,1-4H3. The van der Waals surface area contributed by atoms with Crippen LogP contribution in [0.3, 0.4) is 0 Å². The molecule has 0 fully saturated rings. The molecule has 0 aliphatic carbocycles. The SMILES string of the molecule is CC(O)C(C)CC=CCCCCC(=O)N(C)C. The van der Waals surface area contributed by atoms with E-state index in [2.05, 4.69) is 12.2 Å². The van der Waals surface area contributed by atoms with E-state index in [1.54, 1.807) is 19.0 Å². The summed E-state index contributed by atoms with van der Waals surface area (Å²) in [6, 6.07) is 0. The van der Waals surface area contributed by atoms with Gasteiger partial charge in [0.05, 0.1) is 6.10 Å². The Morgan fingerprint density at radius 2 is 1.88 bits per heavy atom.